The number of carbonyl (C=O) groups excluding carboxylic acids is 1. The molecule has 0 spiro atoms. The van der Waals surface area contributed by atoms with Crippen molar-refractivity contribution in [2.45, 2.75) is 39.3 Å². The molecular weight excluding hydrogens is 246 g/mol. The minimum absolute atomic E-state index is 0.0681. The number of hydrogen-bond acceptors (Lipinski definition) is 5. The average Bonchev–Trinajstić information content (AvgIpc) is 2.61. The highest BCUT2D eigenvalue weighted by atomic mass is 16.3. The summed E-state index contributed by atoms with van der Waals surface area (Å²) in [4.78, 5) is 30.6. The van der Waals surface area contributed by atoms with E-state index in [2.05, 4.69) is 10.2 Å². The van der Waals surface area contributed by atoms with Crippen LogP contribution >= 0.6 is 0 Å². The number of amides is 1. The number of guanidine groups is 1. The third-order valence-corrected chi connectivity index (χ3v) is 3.13. The normalized spacial score (nSPS) is 25.7. The van der Waals surface area contributed by atoms with Crippen molar-refractivity contribution in [1.82, 2.24) is 9.80 Å². The van der Waals surface area contributed by atoms with Crippen LogP contribution in [0.5, 0.6) is 0 Å². The third-order valence-electron chi connectivity index (χ3n) is 3.13. The van der Waals surface area contributed by atoms with Gasteiger partial charge in [-0.3, -0.25) is 20.0 Å². The molecular formula is C12H19N5O2. The Balaban J connectivity index is 2.42. The Morgan fingerprint density at radius 1 is 1.53 bits per heavy atom. The van der Waals surface area contributed by atoms with Crippen LogP contribution in [0, 0.1) is 16.2 Å². The van der Waals surface area contributed by atoms with Crippen LogP contribution in [-0.4, -0.2) is 52.2 Å². The lowest BCUT2D eigenvalue weighted by molar-refractivity contribution is -0.128. The van der Waals surface area contributed by atoms with Gasteiger partial charge in [-0.1, -0.05) is 13.8 Å². The van der Waals surface area contributed by atoms with Crippen molar-refractivity contribution < 1.29 is 4.79 Å². The molecule has 1 atom stereocenters. The van der Waals surface area contributed by atoms with Gasteiger partial charge in [-0.05, 0) is 24.9 Å². The van der Waals surface area contributed by atoms with E-state index in [1.807, 2.05) is 27.7 Å². The number of nitrogens with one attached hydrogen (secondary N) is 1. The SMILES string of the molecule is CC(C)CN1C(=N)C(N=O)C(=O)N2CC(C)(C)N=C12. The molecule has 104 valence electrons. The molecule has 0 aromatic heterocycles. The van der Waals surface area contributed by atoms with E-state index < -0.39 is 17.5 Å². The van der Waals surface area contributed by atoms with Crippen LogP contribution in [0.2, 0.25) is 0 Å². The summed E-state index contributed by atoms with van der Waals surface area (Å²) in [5.74, 6) is 0.258. The first-order valence-electron chi connectivity index (χ1n) is 6.36. The molecule has 0 bridgehead atoms. The maximum atomic E-state index is 12.2. The van der Waals surface area contributed by atoms with Crippen LogP contribution < -0.4 is 0 Å². The predicted octanol–water partition coefficient (Wildman–Crippen LogP) is 1.05. The highest BCUT2D eigenvalue weighted by Gasteiger charge is 2.48. The van der Waals surface area contributed by atoms with Crippen molar-refractivity contribution in [3.63, 3.8) is 0 Å². The molecule has 1 fully saturated rings. The molecule has 1 saturated heterocycles. The topological polar surface area (TPSA) is 89.2 Å². The molecule has 0 aliphatic carbocycles. The van der Waals surface area contributed by atoms with Crippen molar-refractivity contribution in [3.8, 4) is 0 Å². The van der Waals surface area contributed by atoms with E-state index in [1.165, 1.54) is 4.90 Å². The van der Waals surface area contributed by atoms with Crippen LogP contribution in [0.15, 0.2) is 10.2 Å². The number of rotatable bonds is 3. The van der Waals surface area contributed by atoms with Gasteiger partial charge in [0, 0.05) is 6.54 Å². The molecule has 7 heteroatoms. The monoisotopic (exact) mass is 265 g/mol. The van der Waals surface area contributed by atoms with E-state index in [-0.39, 0.29) is 11.8 Å². The Bertz CT molecular complexity index is 469. The molecule has 7 nitrogen and oxygen atoms in total. The third kappa shape index (κ3) is 2.24. The molecule has 0 radical (unpaired) electrons. The van der Waals surface area contributed by atoms with Crippen molar-refractivity contribution >= 4 is 17.7 Å². The molecule has 1 unspecified atom stereocenters. The van der Waals surface area contributed by atoms with E-state index in [9.17, 15) is 9.70 Å². The minimum atomic E-state index is -1.24. The Hall–Kier alpha value is -1.79. The fraction of sp³-hybridized carbons (Fsp3) is 0.750. The number of nitrogens with zero attached hydrogens (tertiary/aromatic N) is 4. The molecule has 0 aromatic rings. The quantitative estimate of drug-likeness (QED) is 0.773. The van der Waals surface area contributed by atoms with Crippen molar-refractivity contribution in [1.29, 1.82) is 5.41 Å². The zero-order valence-corrected chi connectivity index (χ0v) is 11.7. The smallest absolute Gasteiger partial charge is 0.265 e. The van der Waals surface area contributed by atoms with Gasteiger partial charge in [-0.15, -0.1) is 4.91 Å². The second-order valence-corrected chi connectivity index (χ2v) is 6.05. The Morgan fingerprint density at radius 3 is 2.68 bits per heavy atom. The number of amidine groups is 1. The van der Waals surface area contributed by atoms with Gasteiger partial charge in [0.05, 0.1) is 12.1 Å². The van der Waals surface area contributed by atoms with Gasteiger partial charge in [0.1, 0.15) is 5.84 Å². The fourth-order valence-electron chi connectivity index (χ4n) is 2.37. The van der Waals surface area contributed by atoms with Gasteiger partial charge in [0.15, 0.2) is 0 Å². The average molecular weight is 265 g/mol. The summed E-state index contributed by atoms with van der Waals surface area (Å²) >= 11 is 0. The van der Waals surface area contributed by atoms with E-state index in [4.69, 9.17) is 5.41 Å². The van der Waals surface area contributed by atoms with Crippen LogP contribution in [0.1, 0.15) is 27.7 Å². The van der Waals surface area contributed by atoms with E-state index in [0.717, 1.165) is 0 Å². The largest absolute Gasteiger partial charge is 0.298 e. The lowest BCUT2D eigenvalue weighted by Gasteiger charge is -2.37. The van der Waals surface area contributed by atoms with Crippen molar-refractivity contribution in [2.75, 3.05) is 13.1 Å². The lowest BCUT2D eigenvalue weighted by atomic mass is 10.1. The second-order valence-electron chi connectivity index (χ2n) is 6.05. The molecule has 1 amide bonds. The first kappa shape index (κ1) is 13.6. The van der Waals surface area contributed by atoms with Crippen LogP contribution in [0.25, 0.3) is 0 Å². The molecule has 2 aliphatic heterocycles. The summed E-state index contributed by atoms with van der Waals surface area (Å²) in [5.41, 5.74) is -0.391. The zero-order valence-electron chi connectivity index (χ0n) is 11.7. The van der Waals surface area contributed by atoms with E-state index in [1.54, 1.807) is 4.90 Å². The van der Waals surface area contributed by atoms with Gasteiger partial charge in [-0.25, -0.2) is 4.99 Å². The van der Waals surface area contributed by atoms with Gasteiger partial charge >= 0.3 is 0 Å². The first-order valence-corrected chi connectivity index (χ1v) is 6.36. The Kier molecular flexibility index (Phi) is 3.15. The summed E-state index contributed by atoms with van der Waals surface area (Å²) in [5, 5.41) is 10.8. The summed E-state index contributed by atoms with van der Waals surface area (Å²) in [6, 6.07) is -1.24. The van der Waals surface area contributed by atoms with Crippen LogP contribution in [0.4, 0.5) is 0 Å². The van der Waals surface area contributed by atoms with Crippen molar-refractivity contribution in [2.24, 2.45) is 16.1 Å². The van der Waals surface area contributed by atoms with E-state index in [0.29, 0.717) is 19.0 Å². The summed E-state index contributed by atoms with van der Waals surface area (Å²) < 4.78 is 0. The second kappa shape index (κ2) is 4.40. The van der Waals surface area contributed by atoms with Crippen LogP contribution in [-0.2, 0) is 4.79 Å². The maximum Gasteiger partial charge on any atom is 0.265 e. The summed E-state index contributed by atoms with van der Waals surface area (Å²) in [6.07, 6.45) is 0. The number of aliphatic imine (C=N–C) groups is 1. The number of nitroso groups, excluding NO2 is 1. The summed E-state index contributed by atoms with van der Waals surface area (Å²) in [6.45, 7) is 8.84. The highest BCUT2D eigenvalue weighted by Crippen LogP contribution is 2.27. The number of carbonyl (C=O) groups is 1. The van der Waals surface area contributed by atoms with Gasteiger partial charge in [0.25, 0.3) is 5.91 Å². The molecule has 19 heavy (non-hydrogen) atoms. The molecule has 0 aromatic carbocycles. The summed E-state index contributed by atoms with van der Waals surface area (Å²) in [7, 11) is 0. The van der Waals surface area contributed by atoms with E-state index >= 15 is 0 Å². The Morgan fingerprint density at radius 2 is 2.16 bits per heavy atom. The highest BCUT2D eigenvalue weighted by molar-refractivity contribution is 6.21. The predicted molar refractivity (Wildman–Crippen MR) is 72.1 cm³/mol. The van der Waals surface area contributed by atoms with Crippen LogP contribution in [0.3, 0.4) is 0 Å². The molecule has 2 aliphatic rings. The fourth-order valence-corrected chi connectivity index (χ4v) is 2.37. The molecule has 1 N–H and O–H groups in total. The molecule has 2 heterocycles. The number of fused-ring (bicyclic) bond motifs is 1. The standard InChI is InChI=1S/C12H19N5O2/c1-7(2)5-16-9(13)8(15-19)10(18)17-6-12(3,4)14-11(16)17/h7-8,13H,5-6H2,1-4H3. The Labute approximate surface area is 112 Å². The van der Waals surface area contributed by atoms with Gasteiger partial charge in [-0.2, -0.15) is 0 Å². The molecule has 0 saturated carbocycles. The number of hydrogen-bond donors (Lipinski definition) is 1. The lowest BCUT2D eigenvalue weighted by Crippen LogP contribution is -2.61. The maximum absolute atomic E-state index is 12.2. The van der Waals surface area contributed by atoms with Gasteiger partial charge in [0.2, 0.25) is 12.0 Å². The molecule has 2 rings (SSSR count). The minimum Gasteiger partial charge on any atom is -0.298 e. The zero-order chi connectivity index (χ0) is 14.4. The van der Waals surface area contributed by atoms with Gasteiger partial charge < -0.3 is 0 Å². The van der Waals surface area contributed by atoms with Crippen molar-refractivity contribution in [3.05, 3.63) is 4.91 Å². The first-order chi connectivity index (χ1) is 8.76.